The highest BCUT2D eigenvalue weighted by molar-refractivity contribution is 5.80. The van der Waals surface area contributed by atoms with Crippen LogP contribution in [0.2, 0.25) is 0 Å². The summed E-state index contributed by atoms with van der Waals surface area (Å²) in [7, 11) is 1.83. The third-order valence-corrected chi connectivity index (χ3v) is 3.91. The Morgan fingerprint density at radius 2 is 2.00 bits per heavy atom. The van der Waals surface area contributed by atoms with Crippen molar-refractivity contribution >= 4 is 5.96 Å². The van der Waals surface area contributed by atoms with Crippen molar-refractivity contribution < 1.29 is 0 Å². The zero-order valence-corrected chi connectivity index (χ0v) is 13.1. The first-order chi connectivity index (χ1) is 9.65. The minimum absolute atomic E-state index is 0.531. The predicted octanol–water partition coefficient (Wildman–Crippen LogP) is 3.24. The van der Waals surface area contributed by atoms with Crippen LogP contribution < -0.4 is 10.6 Å². The minimum Gasteiger partial charge on any atom is -0.356 e. The SMILES string of the molecule is CCCNC(=NC)NC1CC1c1ccc(C(C)C)cc1. The molecule has 0 saturated heterocycles. The molecule has 2 atom stereocenters. The van der Waals surface area contributed by atoms with Crippen molar-refractivity contribution in [3.63, 3.8) is 0 Å². The lowest BCUT2D eigenvalue weighted by atomic mass is 10.0. The van der Waals surface area contributed by atoms with Crippen LogP contribution in [0.15, 0.2) is 29.3 Å². The molecule has 1 aromatic carbocycles. The molecule has 1 aliphatic rings. The Hall–Kier alpha value is -1.51. The Labute approximate surface area is 122 Å². The van der Waals surface area contributed by atoms with Gasteiger partial charge in [-0.15, -0.1) is 0 Å². The average molecular weight is 273 g/mol. The maximum Gasteiger partial charge on any atom is 0.191 e. The van der Waals surface area contributed by atoms with Crippen LogP contribution >= 0.6 is 0 Å². The first kappa shape index (κ1) is 14.9. The van der Waals surface area contributed by atoms with Crippen molar-refractivity contribution in [1.29, 1.82) is 0 Å². The molecule has 3 nitrogen and oxygen atoms in total. The average Bonchev–Trinajstić information content (AvgIpc) is 3.22. The second-order valence-corrected chi connectivity index (χ2v) is 5.91. The first-order valence-electron chi connectivity index (χ1n) is 7.72. The van der Waals surface area contributed by atoms with Crippen LogP contribution in [0.1, 0.15) is 56.6 Å². The van der Waals surface area contributed by atoms with Gasteiger partial charge in [0.1, 0.15) is 0 Å². The Morgan fingerprint density at radius 3 is 2.55 bits per heavy atom. The second kappa shape index (κ2) is 6.78. The van der Waals surface area contributed by atoms with E-state index >= 15 is 0 Å². The molecule has 0 aromatic heterocycles. The second-order valence-electron chi connectivity index (χ2n) is 5.91. The van der Waals surface area contributed by atoms with Gasteiger partial charge in [0, 0.05) is 25.6 Å². The molecule has 0 heterocycles. The maximum atomic E-state index is 4.27. The number of nitrogens with zero attached hydrogens (tertiary/aromatic N) is 1. The molecule has 1 aromatic rings. The van der Waals surface area contributed by atoms with Crippen LogP contribution in [0.25, 0.3) is 0 Å². The van der Waals surface area contributed by atoms with E-state index in [1.807, 2.05) is 7.05 Å². The van der Waals surface area contributed by atoms with Gasteiger partial charge in [0.05, 0.1) is 0 Å². The summed E-state index contributed by atoms with van der Waals surface area (Å²) in [6, 6.07) is 9.62. The van der Waals surface area contributed by atoms with Crippen LogP contribution in [0.3, 0.4) is 0 Å². The van der Waals surface area contributed by atoms with E-state index in [0.717, 1.165) is 18.9 Å². The van der Waals surface area contributed by atoms with Gasteiger partial charge < -0.3 is 10.6 Å². The van der Waals surface area contributed by atoms with Crippen molar-refractivity contribution in [2.75, 3.05) is 13.6 Å². The third-order valence-electron chi connectivity index (χ3n) is 3.91. The number of rotatable bonds is 5. The van der Waals surface area contributed by atoms with E-state index in [9.17, 15) is 0 Å². The van der Waals surface area contributed by atoms with Crippen LogP contribution in [0.5, 0.6) is 0 Å². The first-order valence-corrected chi connectivity index (χ1v) is 7.72. The molecule has 0 bridgehead atoms. The number of nitrogens with one attached hydrogen (secondary N) is 2. The van der Waals surface area contributed by atoms with Crippen molar-refractivity contribution in [2.45, 2.75) is 51.5 Å². The summed E-state index contributed by atoms with van der Waals surface area (Å²) < 4.78 is 0. The highest BCUT2D eigenvalue weighted by atomic mass is 15.2. The number of guanidine groups is 1. The van der Waals surface area contributed by atoms with Gasteiger partial charge in [-0.25, -0.2) is 0 Å². The zero-order chi connectivity index (χ0) is 14.5. The summed E-state index contributed by atoms with van der Waals surface area (Å²) >= 11 is 0. The van der Waals surface area contributed by atoms with Crippen LogP contribution in [-0.4, -0.2) is 25.6 Å². The number of hydrogen-bond acceptors (Lipinski definition) is 1. The molecule has 2 rings (SSSR count). The molecule has 1 aliphatic carbocycles. The Morgan fingerprint density at radius 1 is 1.30 bits per heavy atom. The van der Waals surface area contributed by atoms with E-state index in [2.05, 4.69) is 60.7 Å². The standard InChI is InChI=1S/C17H27N3/c1-5-10-19-17(18-4)20-16-11-15(16)14-8-6-13(7-9-14)12(2)3/h6-9,12,15-16H,5,10-11H2,1-4H3,(H2,18,19,20). The topological polar surface area (TPSA) is 36.4 Å². The molecule has 1 saturated carbocycles. The molecule has 2 unspecified atom stereocenters. The molecule has 0 spiro atoms. The number of aliphatic imine (C=N–C) groups is 1. The molecule has 110 valence electrons. The minimum atomic E-state index is 0.531. The molecule has 0 radical (unpaired) electrons. The van der Waals surface area contributed by atoms with E-state index in [1.54, 1.807) is 0 Å². The molecule has 20 heavy (non-hydrogen) atoms. The van der Waals surface area contributed by atoms with Gasteiger partial charge in [-0.05, 0) is 29.9 Å². The van der Waals surface area contributed by atoms with Crippen LogP contribution in [-0.2, 0) is 0 Å². The Bertz CT molecular complexity index is 448. The number of hydrogen-bond donors (Lipinski definition) is 2. The maximum absolute atomic E-state index is 4.27. The molecule has 3 heteroatoms. The fourth-order valence-corrected chi connectivity index (χ4v) is 2.46. The van der Waals surface area contributed by atoms with Crippen molar-refractivity contribution in [2.24, 2.45) is 4.99 Å². The van der Waals surface area contributed by atoms with Gasteiger partial charge in [-0.2, -0.15) is 0 Å². The van der Waals surface area contributed by atoms with Crippen molar-refractivity contribution in [3.05, 3.63) is 35.4 Å². The van der Waals surface area contributed by atoms with Crippen LogP contribution in [0, 0.1) is 0 Å². The highest BCUT2D eigenvalue weighted by Crippen LogP contribution is 2.40. The predicted molar refractivity (Wildman–Crippen MR) is 86.5 cm³/mol. The quantitative estimate of drug-likeness (QED) is 0.638. The fourth-order valence-electron chi connectivity index (χ4n) is 2.46. The summed E-state index contributed by atoms with van der Waals surface area (Å²) in [6.07, 6.45) is 2.32. The molecular formula is C17H27N3. The highest BCUT2D eigenvalue weighted by Gasteiger charge is 2.38. The van der Waals surface area contributed by atoms with E-state index in [-0.39, 0.29) is 0 Å². The van der Waals surface area contributed by atoms with Gasteiger partial charge in [-0.3, -0.25) is 4.99 Å². The lowest BCUT2D eigenvalue weighted by molar-refractivity contribution is 0.769. The molecule has 2 N–H and O–H groups in total. The Balaban J connectivity index is 1.88. The van der Waals surface area contributed by atoms with Crippen LogP contribution in [0.4, 0.5) is 0 Å². The largest absolute Gasteiger partial charge is 0.356 e. The lowest BCUT2D eigenvalue weighted by Gasteiger charge is -2.11. The lowest BCUT2D eigenvalue weighted by Crippen LogP contribution is -2.39. The van der Waals surface area contributed by atoms with E-state index in [0.29, 0.717) is 17.9 Å². The van der Waals surface area contributed by atoms with Gasteiger partial charge in [0.25, 0.3) is 0 Å². The zero-order valence-electron chi connectivity index (χ0n) is 13.1. The molecular weight excluding hydrogens is 246 g/mol. The summed E-state index contributed by atoms with van der Waals surface area (Å²) in [5, 5.41) is 6.83. The van der Waals surface area contributed by atoms with Gasteiger partial charge in [0.2, 0.25) is 0 Å². The van der Waals surface area contributed by atoms with Gasteiger partial charge in [0.15, 0.2) is 5.96 Å². The molecule has 0 aliphatic heterocycles. The monoisotopic (exact) mass is 273 g/mol. The number of benzene rings is 1. The summed E-state index contributed by atoms with van der Waals surface area (Å²) in [4.78, 5) is 4.27. The fraction of sp³-hybridized carbons (Fsp3) is 0.588. The Kier molecular flexibility index (Phi) is 5.05. The van der Waals surface area contributed by atoms with E-state index < -0.39 is 0 Å². The normalized spacial score (nSPS) is 21.9. The van der Waals surface area contributed by atoms with Gasteiger partial charge in [-0.1, -0.05) is 45.0 Å². The van der Waals surface area contributed by atoms with E-state index in [4.69, 9.17) is 0 Å². The van der Waals surface area contributed by atoms with Gasteiger partial charge >= 0.3 is 0 Å². The molecule has 0 amide bonds. The summed E-state index contributed by atoms with van der Waals surface area (Å²) in [5.41, 5.74) is 2.86. The summed E-state index contributed by atoms with van der Waals surface area (Å²) in [6.45, 7) is 7.61. The van der Waals surface area contributed by atoms with E-state index in [1.165, 1.54) is 17.5 Å². The molecule has 1 fully saturated rings. The smallest absolute Gasteiger partial charge is 0.191 e. The van der Waals surface area contributed by atoms with Crippen molar-refractivity contribution in [1.82, 2.24) is 10.6 Å². The third kappa shape index (κ3) is 3.75. The summed E-state index contributed by atoms with van der Waals surface area (Å²) in [5.74, 6) is 2.17. The van der Waals surface area contributed by atoms with Crippen molar-refractivity contribution in [3.8, 4) is 0 Å².